The van der Waals surface area contributed by atoms with Crippen LogP contribution >= 0.6 is 0 Å². The molecule has 0 atom stereocenters. The van der Waals surface area contributed by atoms with Crippen LogP contribution in [-0.2, 0) is 14.8 Å². The van der Waals surface area contributed by atoms with Gasteiger partial charge in [-0.05, 0) is 31.2 Å². The van der Waals surface area contributed by atoms with Gasteiger partial charge < -0.3 is 4.74 Å². The van der Waals surface area contributed by atoms with E-state index >= 15 is 0 Å². The second kappa shape index (κ2) is 7.80. The fourth-order valence-electron chi connectivity index (χ4n) is 2.14. The van der Waals surface area contributed by atoms with Crippen LogP contribution in [0, 0.1) is 0 Å². The number of nitrogens with two attached hydrogens (primary N) is 1. The summed E-state index contributed by atoms with van der Waals surface area (Å²) in [7, 11) is -3.96. The van der Waals surface area contributed by atoms with Crippen LogP contribution in [0.15, 0.2) is 59.5 Å². The summed E-state index contributed by atoms with van der Waals surface area (Å²) in [6.45, 7) is 1.69. The highest BCUT2D eigenvalue weighted by Crippen LogP contribution is 2.32. The zero-order chi connectivity index (χ0) is 17.6. The van der Waals surface area contributed by atoms with Crippen molar-refractivity contribution < 1.29 is 17.9 Å². The van der Waals surface area contributed by atoms with Crippen molar-refractivity contribution in [3.8, 4) is 5.75 Å². The summed E-state index contributed by atoms with van der Waals surface area (Å²) in [6, 6.07) is 14.5. The normalized spacial score (nSPS) is 10.9. The van der Waals surface area contributed by atoms with Crippen molar-refractivity contribution in [2.75, 3.05) is 17.5 Å². The quantitative estimate of drug-likeness (QED) is 0.445. The second-order valence-corrected chi connectivity index (χ2v) is 6.66. The number of nitrogens with zero attached hydrogens (tertiary/aromatic N) is 1. The number of nitrogens with one attached hydrogen (secondary N) is 1. The Morgan fingerprint density at radius 1 is 1.12 bits per heavy atom. The third-order valence-electron chi connectivity index (χ3n) is 3.21. The number of para-hydroxylation sites is 2. The average molecular weight is 349 g/mol. The number of amides is 1. The Bertz CT molecular complexity index is 794. The van der Waals surface area contributed by atoms with E-state index in [1.165, 1.54) is 12.1 Å². The van der Waals surface area contributed by atoms with Crippen LogP contribution in [0.5, 0.6) is 5.75 Å². The van der Waals surface area contributed by atoms with Crippen LogP contribution in [0.1, 0.15) is 6.92 Å². The first-order valence-corrected chi connectivity index (χ1v) is 8.73. The lowest BCUT2D eigenvalue weighted by Gasteiger charge is -2.25. The molecule has 2 aromatic rings. The summed E-state index contributed by atoms with van der Waals surface area (Å²) < 4.78 is 32.5. The third kappa shape index (κ3) is 3.84. The number of hydrogen-bond donors (Lipinski definition) is 2. The lowest BCUT2D eigenvalue weighted by atomic mass is 10.3. The third-order valence-corrected chi connectivity index (χ3v) is 4.99. The monoisotopic (exact) mass is 349 g/mol. The molecule has 0 aliphatic heterocycles. The van der Waals surface area contributed by atoms with E-state index in [2.05, 4.69) is 0 Å². The van der Waals surface area contributed by atoms with Crippen molar-refractivity contribution in [1.29, 1.82) is 0 Å². The zero-order valence-corrected chi connectivity index (χ0v) is 14.0. The van der Waals surface area contributed by atoms with Crippen LogP contribution in [0.4, 0.5) is 5.69 Å². The minimum absolute atomic E-state index is 0.0705. The van der Waals surface area contributed by atoms with Gasteiger partial charge in [-0.25, -0.2) is 14.3 Å². The maximum atomic E-state index is 13.0. The molecule has 0 spiro atoms. The molecule has 0 unspecified atom stereocenters. The van der Waals surface area contributed by atoms with E-state index in [0.29, 0.717) is 12.4 Å². The van der Waals surface area contributed by atoms with Crippen LogP contribution in [-0.4, -0.2) is 27.5 Å². The number of carbonyl (C=O) groups excluding carboxylic acids is 1. The number of carbonyl (C=O) groups is 1. The Kier molecular flexibility index (Phi) is 5.78. The number of hydrogen-bond acceptors (Lipinski definition) is 5. The SMILES string of the molecule is CCOc1ccccc1N(CC(=O)NN)S(=O)(=O)c1ccccc1. The summed E-state index contributed by atoms with van der Waals surface area (Å²) in [5, 5.41) is 0. The predicted molar refractivity (Wildman–Crippen MR) is 90.9 cm³/mol. The molecule has 0 saturated carbocycles. The van der Waals surface area contributed by atoms with Crippen LogP contribution in [0.25, 0.3) is 0 Å². The van der Waals surface area contributed by atoms with E-state index in [0.717, 1.165) is 4.31 Å². The molecular weight excluding hydrogens is 330 g/mol. The Balaban J connectivity index is 2.56. The summed E-state index contributed by atoms with van der Waals surface area (Å²) in [4.78, 5) is 11.8. The molecule has 0 aromatic heterocycles. The molecule has 24 heavy (non-hydrogen) atoms. The number of sulfonamides is 1. The molecule has 0 radical (unpaired) electrons. The molecule has 0 bridgehead atoms. The Labute approximate surface area is 141 Å². The Morgan fingerprint density at radius 2 is 1.75 bits per heavy atom. The number of hydrazine groups is 1. The van der Waals surface area contributed by atoms with Crippen molar-refractivity contribution in [2.24, 2.45) is 5.84 Å². The first kappa shape index (κ1) is 17.8. The van der Waals surface area contributed by atoms with E-state index in [1.54, 1.807) is 49.4 Å². The molecule has 128 valence electrons. The Morgan fingerprint density at radius 3 is 2.38 bits per heavy atom. The van der Waals surface area contributed by atoms with Gasteiger partial charge in [0.15, 0.2) is 0 Å². The van der Waals surface area contributed by atoms with Crippen molar-refractivity contribution >= 4 is 21.6 Å². The van der Waals surface area contributed by atoms with Gasteiger partial charge in [0.05, 0.1) is 17.2 Å². The highest BCUT2D eigenvalue weighted by molar-refractivity contribution is 7.92. The van der Waals surface area contributed by atoms with Gasteiger partial charge in [0.25, 0.3) is 15.9 Å². The average Bonchev–Trinajstić information content (AvgIpc) is 2.61. The van der Waals surface area contributed by atoms with Crippen LogP contribution in [0.3, 0.4) is 0 Å². The van der Waals surface area contributed by atoms with Crippen molar-refractivity contribution in [3.63, 3.8) is 0 Å². The van der Waals surface area contributed by atoms with Crippen molar-refractivity contribution in [1.82, 2.24) is 5.43 Å². The zero-order valence-electron chi connectivity index (χ0n) is 13.2. The van der Waals surface area contributed by atoms with Gasteiger partial charge in [-0.15, -0.1) is 0 Å². The fourth-order valence-corrected chi connectivity index (χ4v) is 3.59. The first-order chi connectivity index (χ1) is 11.5. The maximum Gasteiger partial charge on any atom is 0.264 e. The molecule has 7 nitrogen and oxygen atoms in total. The van der Waals surface area contributed by atoms with Gasteiger partial charge in [-0.2, -0.15) is 0 Å². The molecule has 0 saturated heterocycles. The topological polar surface area (TPSA) is 102 Å². The van der Waals surface area contributed by atoms with E-state index in [9.17, 15) is 13.2 Å². The highest BCUT2D eigenvalue weighted by atomic mass is 32.2. The molecule has 0 fully saturated rings. The van der Waals surface area contributed by atoms with E-state index in [-0.39, 0.29) is 10.6 Å². The summed E-state index contributed by atoms with van der Waals surface area (Å²) in [5.74, 6) is 4.85. The molecule has 8 heteroatoms. The molecule has 0 heterocycles. The predicted octanol–water partition coefficient (Wildman–Crippen LogP) is 1.27. The lowest BCUT2D eigenvalue weighted by molar-refractivity contribution is -0.119. The first-order valence-electron chi connectivity index (χ1n) is 7.29. The van der Waals surface area contributed by atoms with Gasteiger partial charge in [0, 0.05) is 0 Å². The fraction of sp³-hybridized carbons (Fsp3) is 0.188. The lowest BCUT2D eigenvalue weighted by Crippen LogP contribution is -2.43. The van der Waals surface area contributed by atoms with Crippen LogP contribution in [0.2, 0.25) is 0 Å². The number of rotatable bonds is 7. The molecular formula is C16H19N3O4S. The molecule has 0 aliphatic carbocycles. The second-order valence-electron chi connectivity index (χ2n) is 4.79. The number of anilines is 1. The summed E-state index contributed by atoms with van der Waals surface area (Å²) in [6.07, 6.45) is 0. The van der Waals surface area contributed by atoms with Gasteiger partial charge in [0.1, 0.15) is 12.3 Å². The minimum atomic E-state index is -3.96. The van der Waals surface area contributed by atoms with Gasteiger partial charge in [-0.3, -0.25) is 14.5 Å². The van der Waals surface area contributed by atoms with Crippen LogP contribution < -0.4 is 20.3 Å². The molecule has 0 aliphatic rings. The molecule has 2 aromatic carbocycles. The standard InChI is InChI=1S/C16H19N3O4S/c1-2-23-15-11-7-6-10-14(15)19(12-16(20)18-17)24(21,22)13-8-4-3-5-9-13/h3-11H,2,12,17H2,1H3,(H,18,20). The van der Waals surface area contributed by atoms with Crippen molar-refractivity contribution in [2.45, 2.75) is 11.8 Å². The van der Waals surface area contributed by atoms with Gasteiger partial charge in [-0.1, -0.05) is 30.3 Å². The molecule has 1 amide bonds. The molecule has 2 rings (SSSR count). The number of ether oxygens (including phenoxy) is 1. The minimum Gasteiger partial charge on any atom is -0.492 e. The van der Waals surface area contributed by atoms with Gasteiger partial charge >= 0.3 is 0 Å². The molecule has 3 N–H and O–H groups in total. The largest absolute Gasteiger partial charge is 0.492 e. The smallest absolute Gasteiger partial charge is 0.264 e. The summed E-state index contributed by atoms with van der Waals surface area (Å²) in [5.41, 5.74) is 2.22. The Hall–Kier alpha value is -2.58. The van der Waals surface area contributed by atoms with E-state index < -0.39 is 22.5 Å². The van der Waals surface area contributed by atoms with Gasteiger partial charge in [0.2, 0.25) is 0 Å². The summed E-state index contributed by atoms with van der Waals surface area (Å²) >= 11 is 0. The van der Waals surface area contributed by atoms with E-state index in [1.807, 2.05) is 5.43 Å². The van der Waals surface area contributed by atoms with Crippen molar-refractivity contribution in [3.05, 3.63) is 54.6 Å². The highest BCUT2D eigenvalue weighted by Gasteiger charge is 2.29. The number of benzene rings is 2. The van der Waals surface area contributed by atoms with E-state index in [4.69, 9.17) is 10.6 Å². The maximum absolute atomic E-state index is 13.0.